The smallest absolute Gasteiger partial charge is 0.317 e. The number of piperazine rings is 1. The number of anilines is 2. The fourth-order valence-corrected chi connectivity index (χ4v) is 5.02. The standard InChI is InChI=1S/C28H29F3N8O2/c1-15(2)39-16(3)34-25-21(30)11-17(12-23(25)39)24-22(31)14-33-27(36-24)35-18-5-6-19(20(29)13-18)26(40)37-7-9-38(10-8-37)28(41)32-4/h5-6,11-15H,7-10H2,1-4H3,(H,32,41)(H,33,35,36). The number of halogens is 3. The molecule has 0 radical (unpaired) electrons. The van der Waals surface area contributed by atoms with Gasteiger partial charge < -0.3 is 25.0 Å². The Morgan fingerprint density at radius 2 is 1.63 bits per heavy atom. The number of hydrogen-bond acceptors (Lipinski definition) is 6. The molecule has 1 aliphatic rings. The monoisotopic (exact) mass is 566 g/mol. The number of nitrogens with one attached hydrogen (secondary N) is 2. The van der Waals surface area contributed by atoms with E-state index in [1.165, 1.54) is 30.1 Å². The maximum Gasteiger partial charge on any atom is 0.317 e. The molecule has 0 saturated carbocycles. The van der Waals surface area contributed by atoms with Crippen LogP contribution in [-0.2, 0) is 0 Å². The summed E-state index contributed by atoms with van der Waals surface area (Å²) in [4.78, 5) is 40.2. The van der Waals surface area contributed by atoms with Gasteiger partial charge in [0, 0.05) is 50.5 Å². The molecule has 0 aliphatic carbocycles. The number of imidazole rings is 1. The molecule has 0 atom stereocenters. The Hall–Kier alpha value is -4.68. The van der Waals surface area contributed by atoms with Gasteiger partial charge in [-0.15, -0.1) is 0 Å². The van der Waals surface area contributed by atoms with Gasteiger partial charge in [0.2, 0.25) is 5.95 Å². The highest BCUT2D eigenvalue weighted by Crippen LogP contribution is 2.30. The second kappa shape index (κ2) is 11.1. The molecule has 10 nitrogen and oxygen atoms in total. The van der Waals surface area contributed by atoms with Crippen LogP contribution in [0.2, 0.25) is 0 Å². The Morgan fingerprint density at radius 3 is 2.29 bits per heavy atom. The van der Waals surface area contributed by atoms with Crippen molar-refractivity contribution in [1.82, 2.24) is 34.6 Å². The summed E-state index contributed by atoms with van der Waals surface area (Å²) >= 11 is 0. The molecule has 3 heterocycles. The molecule has 41 heavy (non-hydrogen) atoms. The molecule has 0 bridgehead atoms. The number of aryl methyl sites for hydroxylation is 1. The van der Waals surface area contributed by atoms with E-state index in [4.69, 9.17) is 0 Å². The van der Waals surface area contributed by atoms with Crippen molar-refractivity contribution < 1.29 is 22.8 Å². The van der Waals surface area contributed by atoms with E-state index in [9.17, 15) is 18.4 Å². The molecule has 2 aromatic heterocycles. The normalized spacial score (nSPS) is 13.7. The number of aromatic nitrogens is 4. The number of fused-ring (bicyclic) bond motifs is 1. The first kappa shape index (κ1) is 27.9. The van der Waals surface area contributed by atoms with Gasteiger partial charge >= 0.3 is 6.03 Å². The minimum atomic E-state index is -0.763. The van der Waals surface area contributed by atoms with Crippen LogP contribution in [0.1, 0.15) is 36.1 Å². The average molecular weight is 567 g/mol. The van der Waals surface area contributed by atoms with Gasteiger partial charge in [0.1, 0.15) is 22.9 Å². The maximum atomic E-state index is 15.0. The van der Waals surface area contributed by atoms with Gasteiger partial charge in [-0.2, -0.15) is 0 Å². The largest absolute Gasteiger partial charge is 0.341 e. The van der Waals surface area contributed by atoms with Crippen molar-refractivity contribution >= 4 is 34.6 Å². The van der Waals surface area contributed by atoms with E-state index in [0.29, 0.717) is 24.4 Å². The molecule has 2 N–H and O–H groups in total. The highest BCUT2D eigenvalue weighted by molar-refractivity contribution is 5.95. The Labute approximate surface area is 234 Å². The van der Waals surface area contributed by atoms with Gasteiger partial charge in [-0.1, -0.05) is 0 Å². The highest BCUT2D eigenvalue weighted by atomic mass is 19.1. The van der Waals surface area contributed by atoms with Crippen LogP contribution in [0.4, 0.5) is 29.6 Å². The zero-order valence-electron chi connectivity index (χ0n) is 23.0. The van der Waals surface area contributed by atoms with E-state index in [-0.39, 0.29) is 59.1 Å². The number of nitrogens with zero attached hydrogens (tertiary/aromatic N) is 6. The summed E-state index contributed by atoms with van der Waals surface area (Å²) in [6.07, 6.45) is 0.949. The lowest BCUT2D eigenvalue weighted by molar-refractivity contribution is 0.0661. The van der Waals surface area contributed by atoms with E-state index < -0.39 is 23.4 Å². The Kier molecular flexibility index (Phi) is 7.52. The second-order valence-electron chi connectivity index (χ2n) is 9.99. The fraction of sp³-hybridized carbons (Fsp3) is 0.321. The molecule has 3 amide bonds. The van der Waals surface area contributed by atoms with E-state index in [1.54, 1.807) is 17.9 Å². The van der Waals surface area contributed by atoms with Crippen molar-refractivity contribution in [3.63, 3.8) is 0 Å². The van der Waals surface area contributed by atoms with Gasteiger partial charge in [-0.05, 0) is 51.1 Å². The summed E-state index contributed by atoms with van der Waals surface area (Å²) in [5.41, 5.74) is 0.870. The third-order valence-corrected chi connectivity index (χ3v) is 6.98. The van der Waals surface area contributed by atoms with E-state index >= 15 is 4.39 Å². The summed E-state index contributed by atoms with van der Waals surface area (Å²) < 4.78 is 46.7. The molecule has 0 unspecified atom stereocenters. The summed E-state index contributed by atoms with van der Waals surface area (Å²) in [6.45, 7) is 6.90. The Balaban J connectivity index is 1.37. The Morgan fingerprint density at radius 1 is 0.927 bits per heavy atom. The van der Waals surface area contributed by atoms with Crippen molar-refractivity contribution in [1.29, 1.82) is 0 Å². The predicted octanol–water partition coefficient (Wildman–Crippen LogP) is 4.64. The van der Waals surface area contributed by atoms with Crippen LogP contribution >= 0.6 is 0 Å². The van der Waals surface area contributed by atoms with Gasteiger partial charge in [-0.25, -0.2) is 32.9 Å². The van der Waals surface area contributed by atoms with E-state index in [2.05, 4.69) is 25.6 Å². The first-order valence-corrected chi connectivity index (χ1v) is 13.1. The molecule has 214 valence electrons. The Bertz CT molecular complexity index is 1650. The fourth-order valence-electron chi connectivity index (χ4n) is 5.02. The van der Waals surface area contributed by atoms with E-state index in [0.717, 1.165) is 12.3 Å². The van der Waals surface area contributed by atoms with Crippen LogP contribution in [-0.4, -0.2) is 74.5 Å². The van der Waals surface area contributed by atoms with E-state index in [1.807, 2.05) is 18.4 Å². The highest BCUT2D eigenvalue weighted by Gasteiger charge is 2.26. The molecule has 1 fully saturated rings. The topological polar surface area (TPSA) is 108 Å². The average Bonchev–Trinajstić information content (AvgIpc) is 3.30. The first-order chi connectivity index (χ1) is 19.6. The van der Waals surface area contributed by atoms with Gasteiger partial charge in [0.25, 0.3) is 5.91 Å². The lowest BCUT2D eigenvalue weighted by atomic mass is 10.1. The third-order valence-electron chi connectivity index (χ3n) is 6.98. The minimum absolute atomic E-state index is 0.000889. The lowest BCUT2D eigenvalue weighted by Gasteiger charge is -2.34. The molecule has 4 aromatic rings. The molecule has 0 spiro atoms. The third kappa shape index (κ3) is 5.39. The zero-order chi connectivity index (χ0) is 29.4. The summed E-state index contributed by atoms with van der Waals surface area (Å²) in [5.74, 6) is -2.03. The number of amides is 3. The lowest BCUT2D eigenvalue weighted by Crippen LogP contribution is -2.52. The second-order valence-corrected chi connectivity index (χ2v) is 9.99. The molecular formula is C28H29F3N8O2. The molecule has 1 saturated heterocycles. The van der Waals surface area contributed by atoms with Crippen molar-refractivity contribution in [2.24, 2.45) is 0 Å². The number of urea groups is 1. The zero-order valence-corrected chi connectivity index (χ0v) is 23.0. The molecule has 1 aliphatic heterocycles. The summed E-state index contributed by atoms with van der Waals surface area (Å²) in [5, 5.41) is 5.37. The number of benzene rings is 2. The number of hydrogen-bond donors (Lipinski definition) is 2. The van der Waals surface area contributed by atoms with Crippen molar-refractivity contribution in [2.75, 3.05) is 38.5 Å². The number of rotatable bonds is 5. The minimum Gasteiger partial charge on any atom is -0.341 e. The van der Waals surface area contributed by atoms with Crippen LogP contribution in [0.5, 0.6) is 0 Å². The molecule has 2 aromatic carbocycles. The van der Waals surface area contributed by atoms with Gasteiger partial charge in [-0.3, -0.25) is 4.79 Å². The number of carbonyl (C=O) groups excluding carboxylic acids is 2. The summed E-state index contributed by atoms with van der Waals surface area (Å²) in [7, 11) is 1.53. The van der Waals surface area contributed by atoms with Gasteiger partial charge in [0.05, 0.1) is 17.3 Å². The van der Waals surface area contributed by atoms with Crippen LogP contribution in [0.15, 0.2) is 36.5 Å². The molecular weight excluding hydrogens is 537 g/mol. The quantitative estimate of drug-likeness (QED) is 0.365. The maximum absolute atomic E-state index is 15.0. The van der Waals surface area contributed by atoms with Crippen molar-refractivity contribution in [3.05, 3.63) is 65.4 Å². The number of carbonyl (C=O) groups is 2. The van der Waals surface area contributed by atoms with Gasteiger partial charge in [0.15, 0.2) is 11.6 Å². The SMILES string of the molecule is CNC(=O)N1CCN(C(=O)c2ccc(Nc3ncc(F)c(-c4cc(F)c5nc(C)n(C(C)C)c5c4)n3)cc2F)CC1. The summed E-state index contributed by atoms with van der Waals surface area (Å²) in [6, 6.07) is 6.52. The van der Waals surface area contributed by atoms with Crippen LogP contribution < -0.4 is 10.6 Å². The van der Waals surface area contributed by atoms with Crippen LogP contribution in [0.25, 0.3) is 22.3 Å². The first-order valence-electron chi connectivity index (χ1n) is 13.1. The van der Waals surface area contributed by atoms with Crippen molar-refractivity contribution in [3.8, 4) is 11.3 Å². The van der Waals surface area contributed by atoms with Crippen LogP contribution in [0, 0.1) is 24.4 Å². The molecule has 5 rings (SSSR count). The van der Waals surface area contributed by atoms with Crippen molar-refractivity contribution in [2.45, 2.75) is 26.8 Å². The molecule has 13 heteroatoms. The predicted molar refractivity (Wildman–Crippen MR) is 147 cm³/mol. The van der Waals surface area contributed by atoms with Crippen LogP contribution in [0.3, 0.4) is 0 Å².